The molecule has 0 bridgehead atoms. The van der Waals surface area contributed by atoms with Gasteiger partial charge >= 0.3 is 5.97 Å². The first-order valence-electron chi connectivity index (χ1n) is 9.27. The van der Waals surface area contributed by atoms with E-state index in [1.807, 2.05) is 0 Å². The van der Waals surface area contributed by atoms with Gasteiger partial charge in [-0.3, -0.25) is 19.3 Å². The molecule has 9 heteroatoms. The molecule has 154 valence electrons. The number of carbonyl (C=O) groups is 4. The van der Waals surface area contributed by atoms with Crippen LogP contribution in [0.4, 0.5) is 15.8 Å². The smallest absolute Gasteiger partial charge is 0.354 e. The molecule has 1 atom stereocenters. The van der Waals surface area contributed by atoms with Gasteiger partial charge in [0, 0.05) is 25.6 Å². The van der Waals surface area contributed by atoms with Gasteiger partial charge in [-0.2, -0.15) is 0 Å². The van der Waals surface area contributed by atoms with Crippen molar-refractivity contribution in [1.29, 1.82) is 0 Å². The van der Waals surface area contributed by atoms with Crippen LogP contribution in [0.25, 0.3) is 0 Å². The predicted molar refractivity (Wildman–Crippen MR) is 104 cm³/mol. The van der Waals surface area contributed by atoms with Gasteiger partial charge in [-0.05, 0) is 36.4 Å². The zero-order valence-electron chi connectivity index (χ0n) is 16.1. The number of nitrogens with one attached hydrogen (secondary N) is 1. The molecule has 0 unspecified atom stereocenters. The number of hydrogen-bond acceptors (Lipinski definition) is 5. The van der Waals surface area contributed by atoms with Crippen LogP contribution in [-0.4, -0.2) is 47.9 Å². The zero-order chi connectivity index (χ0) is 21.5. The second kappa shape index (κ2) is 7.25. The first-order chi connectivity index (χ1) is 14.3. The molecule has 1 fully saturated rings. The van der Waals surface area contributed by atoms with E-state index in [-0.39, 0.29) is 18.7 Å². The molecular weight excluding hydrogens is 393 g/mol. The molecule has 2 aliphatic rings. The molecule has 4 rings (SSSR count). The summed E-state index contributed by atoms with van der Waals surface area (Å²) in [5, 5.41) is 2.49. The summed E-state index contributed by atoms with van der Waals surface area (Å²) in [5.74, 6) is -2.67. The van der Waals surface area contributed by atoms with Crippen molar-refractivity contribution in [3.05, 3.63) is 59.9 Å². The van der Waals surface area contributed by atoms with E-state index in [4.69, 9.17) is 4.74 Å². The van der Waals surface area contributed by atoms with E-state index >= 15 is 0 Å². The Morgan fingerprint density at radius 2 is 1.83 bits per heavy atom. The van der Waals surface area contributed by atoms with Gasteiger partial charge in [0.05, 0.1) is 11.3 Å². The molecule has 30 heavy (non-hydrogen) atoms. The summed E-state index contributed by atoms with van der Waals surface area (Å²) in [6.45, 7) is -0.621. The maximum atomic E-state index is 13.1. The maximum absolute atomic E-state index is 13.1. The molecule has 3 amide bonds. The number of hydrogen-bond donors (Lipinski definition) is 1. The zero-order valence-corrected chi connectivity index (χ0v) is 16.1. The van der Waals surface area contributed by atoms with Crippen LogP contribution < -0.4 is 10.2 Å². The number of esters is 1. The van der Waals surface area contributed by atoms with Gasteiger partial charge in [0.25, 0.3) is 11.8 Å². The van der Waals surface area contributed by atoms with Crippen molar-refractivity contribution in [3.8, 4) is 0 Å². The molecule has 1 N–H and O–H groups in total. The third-order valence-corrected chi connectivity index (χ3v) is 5.33. The molecule has 2 aromatic rings. The Morgan fingerprint density at radius 1 is 1.13 bits per heavy atom. The fraction of sp³-hybridized carbons (Fsp3) is 0.238. The summed E-state index contributed by atoms with van der Waals surface area (Å²) >= 11 is 0. The Morgan fingerprint density at radius 3 is 2.57 bits per heavy atom. The van der Waals surface area contributed by atoms with E-state index in [9.17, 15) is 23.6 Å². The molecule has 8 nitrogen and oxygen atoms in total. The van der Waals surface area contributed by atoms with Gasteiger partial charge in [-0.25, -0.2) is 9.18 Å². The van der Waals surface area contributed by atoms with Crippen molar-refractivity contribution in [2.45, 2.75) is 18.5 Å². The first kappa shape index (κ1) is 19.6. The largest absolute Gasteiger partial charge is 0.452 e. The lowest BCUT2D eigenvalue weighted by atomic mass is 9.97. The van der Waals surface area contributed by atoms with E-state index in [2.05, 4.69) is 5.32 Å². The SMILES string of the molecule is CN1C(=O)c2ccccc2N2C(=O)CC[C@@]12C(=O)OCC(=O)Nc1ccc(F)cc1. The fourth-order valence-electron chi connectivity index (χ4n) is 3.87. The van der Waals surface area contributed by atoms with Crippen molar-refractivity contribution >= 4 is 35.1 Å². The van der Waals surface area contributed by atoms with Crippen LogP contribution in [0.2, 0.25) is 0 Å². The number of halogens is 1. The van der Waals surface area contributed by atoms with Crippen LogP contribution in [0, 0.1) is 5.82 Å². The number of amides is 3. The quantitative estimate of drug-likeness (QED) is 0.776. The lowest BCUT2D eigenvalue weighted by Crippen LogP contribution is -2.67. The Hall–Kier alpha value is -3.75. The summed E-state index contributed by atoms with van der Waals surface area (Å²) in [5.41, 5.74) is -0.644. The van der Waals surface area contributed by atoms with E-state index in [0.717, 1.165) is 0 Å². The van der Waals surface area contributed by atoms with Gasteiger partial charge in [0.1, 0.15) is 5.82 Å². The second-order valence-corrected chi connectivity index (χ2v) is 7.06. The number of benzene rings is 2. The number of nitrogens with zero attached hydrogens (tertiary/aromatic N) is 2. The van der Waals surface area contributed by atoms with E-state index < -0.39 is 35.9 Å². The normalized spacial score (nSPS) is 19.9. The second-order valence-electron chi connectivity index (χ2n) is 7.06. The van der Waals surface area contributed by atoms with Gasteiger partial charge < -0.3 is 15.0 Å². The van der Waals surface area contributed by atoms with E-state index in [1.54, 1.807) is 24.3 Å². The Balaban J connectivity index is 1.55. The van der Waals surface area contributed by atoms with Crippen LogP contribution in [0.15, 0.2) is 48.5 Å². The van der Waals surface area contributed by atoms with Crippen LogP contribution in [0.5, 0.6) is 0 Å². The lowest BCUT2D eigenvalue weighted by Gasteiger charge is -2.46. The Bertz CT molecular complexity index is 1050. The van der Waals surface area contributed by atoms with Gasteiger partial charge in [-0.15, -0.1) is 0 Å². The van der Waals surface area contributed by atoms with E-state index in [1.165, 1.54) is 41.1 Å². The molecule has 2 aromatic carbocycles. The summed E-state index contributed by atoms with van der Waals surface area (Å²) < 4.78 is 18.2. The number of para-hydroxylation sites is 1. The highest BCUT2D eigenvalue weighted by Crippen LogP contribution is 2.44. The average Bonchev–Trinajstić information content (AvgIpc) is 3.10. The van der Waals surface area contributed by atoms with Crippen LogP contribution in [0.3, 0.4) is 0 Å². The highest BCUT2D eigenvalue weighted by Gasteiger charge is 2.60. The van der Waals surface area contributed by atoms with E-state index in [0.29, 0.717) is 16.9 Å². The third kappa shape index (κ3) is 2.99. The molecule has 2 heterocycles. The molecule has 0 aromatic heterocycles. The summed E-state index contributed by atoms with van der Waals surface area (Å²) in [6.07, 6.45) is 0.115. The molecule has 0 saturated carbocycles. The first-order valence-corrected chi connectivity index (χ1v) is 9.27. The molecular formula is C21H18FN3O5. The maximum Gasteiger partial charge on any atom is 0.354 e. The van der Waals surface area contributed by atoms with Crippen LogP contribution >= 0.6 is 0 Å². The number of anilines is 2. The van der Waals surface area contributed by atoms with Crippen molar-refractivity contribution in [1.82, 2.24) is 4.90 Å². The summed E-state index contributed by atoms with van der Waals surface area (Å²) in [4.78, 5) is 53.2. The van der Waals surface area contributed by atoms with Gasteiger partial charge in [0.2, 0.25) is 11.6 Å². The third-order valence-electron chi connectivity index (χ3n) is 5.33. The van der Waals surface area contributed by atoms with Crippen molar-refractivity contribution in [3.63, 3.8) is 0 Å². The van der Waals surface area contributed by atoms with Crippen LogP contribution in [0.1, 0.15) is 23.2 Å². The summed E-state index contributed by atoms with van der Waals surface area (Å²) in [6, 6.07) is 11.7. The number of ether oxygens (including phenoxy) is 1. The predicted octanol–water partition coefficient (Wildman–Crippen LogP) is 1.92. The van der Waals surface area contributed by atoms with Crippen LogP contribution in [-0.2, 0) is 19.1 Å². The molecule has 1 saturated heterocycles. The molecule has 0 radical (unpaired) electrons. The molecule has 0 spiro atoms. The minimum absolute atomic E-state index is 0.0564. The van der Waals surface area contributed by atoms with Crippen molar-refractivity contribution in [2.24, 2.45) is 0 Å². The van der Waals surface area contributed by atoms with Crippen molar-refractivity contribution in [2.75, 3.05) is 23.9 Å². The average molecular weight is 411 g/mol. The number of fused-ring (bicyclic) bond motifs is 3. The molecule has 2 aliphatic heterocycles. The number of carbonyl (C=O) groups excluding carboxylic acids is 4. The molecule has 0 aliphatic carbocycles. The highest BCUT2D eigenvalue weighted by atomic mass is 19.1. The number of likely N-dealkylation sites (N-methyl/N-ethyl adjacent to an activating group) is 1. The summed E-state index contributed by atoms with van der Waals surface area (Å²) in [7, 11) is 1.43. The topological polar surface area (TPSA) is 96.0 Å². The highest BCUT2D eigenvalue weighted by molar-refractivity contribution is 6.15. The minimum atomic E-state index is -1.64. The van der Waals surface area contributed by atoms with Gasteiger partial charge in [0.15, 0.2) is 6.61 Å². The Labute approximate surface area is 171 Å². The standard InChI is InChI=1S/C21H18FN3O5/c1-24-19(28)15-4-2-3-5-16(15)25-18(27)10-11-21(24,25)20(29)30-12-17(26)23-14-8-6-13(22)7-9-14/h2-9H,10-12H2,1H3,(H,23,26)/t21-/m1/s1. The van der Waals surface area contributed by atoms with Crippen molar-refractivity contribution < 1.29 is 28.3 Å². The monoisotopic (exact) mass is 411 g/mol. The van der Waals surface area contributed by atoms with Gasteiger partial charge in [-0.1, -0.05) is 12.1 Å². The number of rotatable bonds is 4. The Kier molecular flexibility index (Phi) is 4.73. The lowest BCUT2D eigenvalue weighted by molar-refractivity contribution is -0.158. The fourth-order valence-corrected chi connectivity index (χ4v) is 3.87. The minimum Gasteiger partial charge on any atom is -0.452 e.